The summed E-state index contributed by atoms with van der Waals surface area (Å²) in [6.07, 6.45) is 1.09. The molecular weight excluding hydrogens is 190 g/mol. The summed E-state index contributed by atoms with van der Waals surface area (Å²) in [6.45, 7) is 6.80. The maximum absolute atomic E-state index is 11.7. The standard InChI is InChI=1S/C11H19N3O/c1-8(2)13(3)9-4-5-14(7-9)11(15)10-6-12-10/h8-9H,4-7H2,1-3H3. The minimum atomic E-state index is 0.162. The Labute approximate surface area is 91.0 Å². The molecule has 0 aromatic rings. The number of hydrogen-bond donors (Lipinski definition) is 0. The lowest BCUT2D eigenvalue weighted by Gasteiger charge is -2.28. The van der Waals surface area contributed by atoms with Crippen molar-refractivity contribution >= 4 is 11.6 Å². The van der Waals surface area contributed by atoms with Crippen molar-refractivity contribution in [2.24, 2.45) is 4.99 Å². The van der Waals surface area contributed by atoms with Crippen LogP contribution in [0.15, 0.2) is 4.99 Å². The first-order valence-corrected chi connectivity index (χ1v) is 5.64. The molecular formula is C11H19N3O. The van der Waals surface area contributed by atoms with E-state index in [1.807, 2.05) is 4.90 Å². The van der Waals surface area contributed by atoms with Crippen molar-refractivity contribution in [1.82, 2.24) is 9.80 Å². The molecule has 0 radical (unpaired) electrons. The van der Waals surface area contributed by atoms with E-state index in [1.165, 1.54) is 0 Å². The van der Waals surface area contributed by atoms with Crippen LogP contribution in [0.3, 0.4) is 0 Å². The summed E-state index contributed by atoms with van der Waals surface area (Å²) in [5, 5.41) is 0. The van der Waals surface area contributed by atoms with Crippen LogP contribution in [0, 0.1) is 0 Å². The molecule has 4 heteroatoms. The molecule has 0 N–H and O–H groups in total. The Hall–Kier alpha value is -0.900. The number of aliphatic imine (C=N–C) groups is 1. The Kier molecular flexibility index (Phi) is 2.78. The van der Waals surface area contributed by atoms with E-state index in [1.54, 1.807) is 0 Å². The van der Waals surface area contributed by atoms with Crippen molar-refractivity contribution in [1.29, 1.82) is 0 Å². The van der Waals surface area contributed by atoms with Gasteiger partial charge in [-0.2, -0.15) is 0 Å². The highest BCUT2D eigenvalue weighted by Gasteiger charge is 2.33. The quantitative estimate of drug-likeness (QED) is 0.674. The number of carbonyl (C=O) groups is 1. The second kappa shape index (κ2) is 3.93. The molecule has 0 bridgehead atoms. The molecule has 0 spiro atoms. The van der Waals surface area contributed by atoms with E-state index in [4.69, 9.17) is 0 Å². The minimum Gasteiger partial charge on any atom is -0.336 e. The molecule has 4 nitrogen and oxygen atoms in total. The van der Waals surface area contributed by atoms with Gasteiger partial charge < -0.3 is 4.90 Å². The first kappa shape index (κ1) is 10.6. The number of carbonyl (C=O) groups excluding carboxylic acids is 1. The fraction of sp³-hybridized carbons (Fsp3) is 0.818. The molecule has 2 heterocycles. The molecule has 1 saturated heterocycles. The first-order valence-electron chi connectivity index (χ1n) is 5.64. The second-order valence-corrected chi connectivity index (χ2v) is 4.72. The summed E-state index contributed by atoms with van der Waals surface area (Å²) < 4.78 is 0. The number of rotatable bonds is 3. The van der Waals surface area contributed by atoms with Gasteiger partial charge in [0.05, 0.1) is 6.54 Å². The van der Waals surface area contributed by atoms with E-state index >= 15 is 0 Å². The molecule has 1 atom stereocenters. The van der Waals surface area contributed by atoms with Gasteiger partial charge in [-0.15, -0.1) is 0 Å². The molecule has 0 aliphatic carbocycles. The molecule has 0 aromatic carbocycles. The fourth-order valence-electron chi connectivity index (χ4n) is 2.04. The highest BCUT2D eigenvalue weighted by atomic mass is 16.2. The molecule has 1 unspecified atom stereocenters. The van der Waals surface area contributed by atoms with Gasteiger partial charge in [0.25, 0.3) is 5.91 Å². The van der Waals surface area contributed by atoms with Crippen LogP contribution in [-0.4, -0.2) is 60.2 Å². The highest BCUT2D eigenvalue weighted by Crippen LogP contribution is 2.18. The molecule has 0 saturated carbocycles. The van der Waals surface area contributed by atoms with Crippen molar-refractivity contribution < 1.29 is 4.79 Å². The zero-order chi connectivity index (χ0) is 11.0. The van der Waals surface area contributed by atoms with Crippen LogP contribution in [0.2, 0.25) is 0 Å². The van der Waals surface area contributed by atoms with Gasteiger partial charge in [0.15, 0.2) is 0 Å². The smallest absolute Gasteiger partial charge is 0.269 e. The third-order valence-electron chi connectivity index (χ3n) is 3.40. The molecule has 15 heavy (non-hydrogen) atoms. The van der Waals surface area contributed by atoms with Crippen LogP contribution in [-0.2, 0) is 4.79 Å². The third kappa shape index (κ3) is 2.20. The largest absolute Gasteiger partial charge is 0.336 e. The molecule has 2 aliphatic heterocycles. The molecule has 1 amide bonds. The van der Waals surface area contributed by atoms with Crippen molar-refractivity contribution in [3.8, 4) is 0 Å². The Morgan fingerprint density at radius 1 is 1.60 bits per heavy atom. The van der Waals surface area contributed by atoms with Gasteiger partial charge in [-0.3, -0.25) is 14.7 Å². The molecule has 2 aliphatic rings. The topological polar surface area (TPSA) is 35.9 Å². The van der Waals surface area contributed by atoms with Crippen LogP contribution < -0.4 is 0 Å². The summed E-state index contributed by atoms with van der Waals surface area (Å²) in [4.78, 5) is 20.0. The van der Waals surface area contributed by atoms with Crippen LogP contribution in [0.4, 0.5) is 0 Å². The van der Waals surface area contributed by atoms with Gasteiger partial charge >= 0.3 is 0 Å². The second-order valence-electron chi connectivity index (χ2n) is 4.72. The van der Waals surface area contributed by atoms with Crippen LogP contribution >= 0.6 is 0 Å². The number of likely N-dealkylation sites (N-methyl/N-ethyl adjacent to an activating group) is 1. The van der Waals surface area contributed by atoms with Crippen molar-refractivity contribution in [2.45, 2.75) is 32.4 Å². The summed E-state index contributed by atoms with van der Waals surface area (Å²) in [5.41, 5.74) is 0.767. The maximum Gasteiger partial charge on any atom is 0.269 e. The average Bonchev–Trinajstić information content (AvgIpc) is 2.93. The Bertz CT molecular complexity index is 298. The van der Waals surface area contributed by atoms with Crippen molar-refractivity contribution in [3.05, 3.63) is 0 Å². The predicted octanol–water partition coefficient (Wildman–Crippen LogP) is 0.382. The monoisotopic (exact) mass is 209 g/mol. The zero-order valence-corrected chi connectivity index (χ0v) is 9.73. The Balaban J connectivity index is 1.88. The van der Waals surface area contributed by atoms with Crippen molar-refractivity contribution in [2.75, 3.05) is 26.7 Å². The van der Waals surface area contributed by atoms with Gasteiger partial charge in [0, 0.05) is 25.2 Å². The average molecular weight is 209 g/mol. The lowest BCUT2D eigenvalue weighted by Crippen LogP contribution is -2.40. The van der Waals surface area contributed by atoms with Gasteiger partial charge in [0.2, 0.25) is 0 Å². The summed E-state index contributed by atoms with van der Waals surface area (Å²) in [6, 6.07) is 1.07. The number of amides is 1. The summed E-state index contributed by atoms with van der Waals surface area (Å²) >= 11 is 0. The normalized spacial score (nSPS) is 25.0. The Morgan fingerprint density at radius 3 is 2.80 bits per heavy atom. The lowest BCUT2D eigenvalue weighted by molar-refractivity contribution is -0.123. The van der Waals surface area contributed by atoms with Gasteiger partial charge in [-0.25, -0.2) is 0 Å². The number of nitrogens with zero attached hydrogens (tertiary/aromatic N) is 3. The molecule has 2 rings (SSSR count). The van der Waals surface area contributed by atoms with Crippen LogP contribution in [0.5, 0.6) is 0 Å². The predicted molar refractivity (Wildman–Crippen MR) is 60.2 cm³/mol. The van der Waals surface area contributed by atoms with Crippen LogP contribution in [0.1, 0.15) is 20.3 Å². The molecule has 1 fully saturated rings. The van der Waals surface area contributed by atoms with Gasteiger partial charge in [-0.05, 0) is 27.3 Å². The minimum absolute atomic E-state index is 0.162. The number of likely N-dealkylation sites (tertiary alicyclic amines) is 1. The van der Waals surface area contributed by atoms with Crippen molar-refractivity contribution in [3.63, 3.8) is 0 Å². The van der Waals surface area contributed by atoms with E-state index in [0.29, 0.717) is 18.6 Å². The molecule has 84 valence electrons. The van der Waals surface area contributed by atoms with E-state index < -0.39 is 0 Å². The van der Waals surface area contributed by atoms with E-state index in [-0.39, 0.29) is 5.91 Å². The zero-order valence-electron chi connectivity index (χ0n) is 9.73. The third-order valence-corrected chi connectivity index (χ3v) is 3.40. The SMILES string of the molecule is CC(C)N(C)C1CCN(C(=O)C2=NC2)C1. The lowest BCUT2D eigenvalue weighted by atomic mass is 10.2. The fourth-order valence-corrected chi connectivity index (χ4v) is 2.04. The van der Waals surface area contributed by atoms with Gasteiger partial charge in [-0.1, -0.05) is 0 Å². The van der Waals surface area contributed by atoms with E-state index in [9.17, 15) is 4.79 Å². The molecule has 0 aromatic heterocycles. The first-order chi connectivity index (χ1) is 7.09. The summed E-state index contributed by atoms with van der Waals surface area (Å²) in [7, 11) is 2.14. The number of hydrogen-bond acceptors (Lipinski definition) is 3. The van der Waals surface area contributed by atoms with E-state index in [0.717, 1.165) is 25.2 Å². The maximum atomic E-state index is 11.7. The van der Waals surface area contributed by atoms with Gasteiger partial charge in [0.1, 0.15) is 5.71 Å². The highest BCUT2D eigenvalue weighted by molar-refractivity contribution is 6.44. The Morgan fingerprint density at radius 2 is 2.27 bits per heavy atom. The van der Waals surface area contributed by atoms with Crippen LogP contribution in [0.25, 0.3) is 0 Å². The van der Waals surface area contributed by atoms with E-state index in [2.05, 4.69) is 30.8 Å². The summed E-state index contributed by atoms with van der Waals surface area (Å²) in [5.74, 6) is 0.162.